The highest BCUT2D eigenvalue weighted by molar-refractivity contribution is 5.66. The smallest absolute Gasteiger partial charge is 0.303 e. The summed E-state index contributed by atoms with van der Waals surface area (Å²) in [6, 6.07) is 0. The molecule has 2 heterocycles. The Labute approximate surface area is 120 Å². The van der Waals surface area contributed by atoms with Gasteiger partial charge in [0.2, 0.25) is 0 Å². The predicted octanol–water partition coefficient (Wildman–Crippen LogP) is 2.31. The number of epoxide rings is 2. The van der Waals surface area contributed by atoms with Gasteiger partial charge >= 0.3 is 11.9 Å². The zero-order valence-electron chi connectivity index (χ0n) is 12.2. The maximum atomic E-state index is 10.1. The van der Waals surface area contributed by atoms with Gasteiger partial charge in [-0.1, -0.05) is 19.3 Å². The van der Waals surface area contributed by atoms with Crippen molar-refractivity contribution in [1.29, 1.82) is 0 Å². The van der Waals surface area contributed by atoms with Crippen molar-refractivity contribution in [2.45, 2.75) is 58.0 Å². The average Bonchev–Trinajstić information content (AvgIpc) is 3.22. The Morgan fingerprint density at radius 1 is 0.950 bits per heavy atom. The molecule has 0 radical (unpaired) electrons. The van der Waals surface area contributed by atoms with E-state index in [0.717, 1.165) is 39.1 Å². The van der Waals surface area contributed by atoms with E-state index in [4.69, 9.17) is 14.9 Å². The van der Waals surface area contributed by atoms with Crippen LogP contribution in [0.5, 0.6) is 0 Å². The normalized spacial score (nSPS) is 17.9. The van der Waals surface area contributed by atoms with Gasteiger partial charge in [-0.15, -0.1) is 0 Å². The fourth-order valence-corrected chi connectivity index (χ4v) is 1.18. The van der Waals surface area contributed by atoms with Gasteiger partial charge in [-0.05, 0) is 19.8 Å². The molecule has 0 saturated carbocycles. The number of hydrogen-bond acceptors (Lipinski definition) is 4. The molecule has 6 nitrogen and oxygen atoms in total. The van der Waals surface area contributed by atoms with E-state index in [9.17, 15) is 9.59 Å². The molecule has 20 heavy (non-hydrogen) atoms. The van der Waals surface area contributed by atoms with Crippen LogP contribution in [0.3, 0.4) is 0 Å². The maximum absolute atomic E-state index is 10.1. The Hall–Kier alpha value is -1.14. The van der Waals surface area contributed by atoms with Gasteiger partial charge in [0.15, 0.2) is 0 Å². The summed E-state index contributed by atoms with van der Waals surface area (Å²) in [6.45, 7) is 5.04. The molecule has 2 aliphatic rings. The number of rotatable bonds is 8. The lowest BCUT2D eigenvalue weighted by molar-refractivity contribution is -0.138. The third kappa shape index (κ3) is 25.6. The minimum atomic E-state index is -0.759. The Bertz CT molecular complexity index is 240. The highest BCUT2D eigenvalue weighted by Gasteiger charge is 2.13. The minimum absolute atomic E-state index is 0.221. The van der Waals surface area contributed by atoms with E-state index >= 15 is 0 Å². The lowest BCUT2D eigenvalue weighted by atomic mass is 10.1. The molecule has 2 fully saturated rings. The average molecular weight is 290 g/mol. The molecule has 0 bridgehead atoms. The number of carboxylic acids is 2. The van der Waals surface area contributed by atoms with Crippen molar-refractivity contribution in [2.75, 3.05) is 19.8 Å². The molecule has 0 aromatic rings. The number of carbonyl (C=O) groups is 2. The van der Waals surface area contributed by atoms with Crippen LogP contribution in [0.15, 0.2) is 0 Å². The number of hydrogen-bond donors (Lipinski definition) is 2. The number of unbranched alkanes of at least 4 members (excludes halogenated alkanes) is 4. The molecule has 0 spiro atoms. The first-order valence-corrected chi connectivity index (χ1v) is 7.15. The van der Waals surface area contributed by atoms with Crippen LogP contribution in [-0.4, -0.2) is 48.1 Å². The number of ether oxygens (including phenoxy) is 2. The summed E-state index contributed by atoms with van der Waals surface area (Å²) in [5, 5.41) is 16.6. The Balaban J connectivity index is 0.000000407. The summed E-state index contributed by atoms with van der Waals surface area (Å²) >= 11 is 0. The van der Waals surface area contributed by atoms with E-state index < -0.39 is 11.9 Å². The first kappa shape index (κ1) is 18.9. The summed E-state index contributed by atoms with van der Waals surface area (Å²) in [5.41, 5.74) is 0. The molecule has 0 amide bonds. The Morgan fingerprint density at radius 2 is 1.25 bits per heavy atom. The van der Waals surface area contributed by atoms with Crippen molar-refractivity contribution in [2.24, 2.45) is 0 Å². The molecule has 118 valence electrons. The zero-order valence-corrected chi connectivity index (χ0v) is 12.2. The number of aliphatic carboxylic acids is 2. The molecule has 2 aliphatic heterocycles. The zero-order chi connectivity index (χ0) is 15.2. The molecule has 2 rings (SSSR count). The molecule has 0 aliphatic carbocycles. The van der Waals surface area contributed by atoms with Crippen molar-refractivity contribution in [1.82, 2.24) is 0 Å². The van der Waals surface area contributed by atoms with Gasteiger partial charge in [0.05, 0.1) is 25.9 Å². The van der Waals surface area contributed by atoms with Crippen LogP contribution >= 0.6 is 0 Å². The monoisotopic (exact) mass is 290 g/mol. The third-order valence-electron chi connectivity index (χ3n) is 2.49. The maximum Gasteiger partial charge on any atom is 0.303 e. The Morgan fingerprint density at radius 3 is 1.45 bits per heavy atom. The lowest BCUT2D eigenvalue weighted by Crippen LogP contribution is -1.95. The standard InChI is InChI=1S/C9H16O4.C3H6O.C2H4O/c10-8(11)6-4-2-1-3-5-7-9(12)13;1-3-2-4-3;1-2-3-1/h1-7H2,(H,10,11)(H,12,13);3H,2H2,1H3;1-2H2. The van der Waals surface area contributed by atoms with Gasteiger partial charge in [-0.25, -0.2) is 0 Å². The van der Waals surface area contributed by atoms with E-state index in [1.807, 2.05) is 0 Å². The summed E-state index contributed by atoms with van der Waals surface area (Å²) in [5.74, 6) is -1.52. The van der Waals surface area contributed by atoms with Crippen LogP contribution in [0.2, 0.25) is 0 Å². The molecule has 2 saturated heterocycles. The van der Waals surface area contributed by atoms with Crippen LogP contribution < -0.4 is 0 Å². The minimum Gasteiger partial charge on any atom is -0.481 e. The van der Waals surface area contributed by atoms with Crippen LogP contribution in [0, 0.1) is 0 Å². The lowest BCUT2D eigenvalue weighted by Gasteiger charge is -1.97. The second-order valence-corrected chi connectivity index (χ2v) is 4.81. The molecule has 1 atom stereocenters. The van der Waals surface area contributed by atoms with Gasteiger partial charge in [-0.2, -0.15) is 0 Å². The molecule has 0 aromatic heterocycles. The quantitative estimate of drug-likeness (QED) is 0.525. The second kappa shape index (κ2) is 12.9. The van der Waals surface area contributed by atoms with Gasteiger partial charge in [-0.3, -0.25) is 9.59 Å². The molecule has 6 heteroatoms. The van der Waals surface area contributed by atoms with Crippen molar-refractivity contribution >= 4 is 11.9 Å². The van der Waals surface area contributed by atoms with Gasteiger partial charge < -0.3 is 19.7 Å². The van der Waals surface area contributed by atoms with E-state index in [1.54, 1.807) is 0 Å². The van der Waals surface area contributed by atoms with Crippen molar-refractivity contribution < 1.29 is 29.3 Å². The van der Waals surface area contributed by atoms with Gasteiger partial charge in [0.1, 0.15) is 0 Å². The highest BCUT2D eigenvalue weighted by atomic mass is 16.6. The summed E-state index contributed by atoms with van der Waals surface area (Å²) in [6.07, 6.45) is 5.11. The summed E-state index contributed by atoms with van der Waals surface area (Å²) in [4.78, 5) is 20.2. The van der Waals surface area contributed by atoms with E-state index in [-0.39, 0.29) is 12.8 Å². The largest absolute Gasteiger partial charge is 0.481 e. The SMILES string of the molecule is C1CO1.CC1CO1.O=C(O)CCCCCCCC(=O)O. The van der Waals surface area contributed by atoms with Crippen LogP contribution in [-0.2, 0) is 19.1 Å². The molecular weight excluding hydrogens is 264 g/mol. The summed E-state index contributed by atoms with van der Waals surface area (Å²) < 4.78 is 9.21. The topological polar surface area (TPSA) is 99.7 Å². The molecule has 1 unspecified atom stereocenters. The fourth-order valence-electron chi connectivity index (χ4n) is 1.18. The molecule has 0 aromatic carbocycles. The van der Waals surface area contributed by atoms with E-state index in [1.165, 1.54) is 0 Å². The van der Waals surface area contributed by atoms with Crippen molar-refractivity contribution in [3.8, 4) is 0 Å². The first-order chi connectivity index (χ1) is 9.52. The van der Waals surface area contributed by atoms with Crippen molar-refractivity contribution in [3.05, 3.63) is 0 Å². The Kier molecular flexibility index (Phi) is 12.1. The fraction of sp³-hybridized carbons (Fsp3) is 0.857. The molecular formula is C14H26O6. The van der Waals surface area contributed by atoms with Crippen LogP contribution in [0.1, 0.15) is 51.9 Å². The van der Waals surface area contributed by atoms with E-state index in [2.05, 4.69) is 11.7 Å². The number of carboxylic acid groups (broad SMARTS) is 2. The van der Waals surface area contributed by atoms with Crippen LogP contribution in [0.25, 0.3) is 0 Å². The first-order valence-electron chi connectivity index (χ1n) is 7.15. The second-order valence-electron chi connectivity index (χ2n) is 4.81. The predicted molar refractivity (Wildman–Crippen MR) is 73.8 cm³/mol. The van der Waals surface area contributed by atoms with Gasteiger partial charge in [0.25, 0.3) is 0 Å². The van der Waals surface area contributed by atoms with Gasteiger partial charge in [0, 0.05) is 12.8 Å². The van der Waals surface area contributed by atoms with E-state index in [0.29, 0.717) is 18.9 Å². The highest BCUT2D eigenvalue weighted by Crippen LogP contribution is 2.06. The van der Waals surface area contributed by atoms with Crippen molar-refractivity contribution in [3.63, 3.8) is 0 Å². The van der Waals surface area contributed by atoms with Crippen LogP contribution in [0.4, 0.5) is 0 Å². The molecule has 2 N–H and O–H groups in total. The third-order valence-corrected chi connectivity index (χ3v) is 2.49. The summed E-state index contributed by atoms with van der Waals surface area (Å²) in [7, 11) is 0.